The predicted molar refractivity (Wildman–Crippen MR) is 52.7 cm³/mol. The molecule has 0 saturated carbocycles. The molecule has 0 unspecified atom stereocenters. The first-order chi connectivity index (χ1) is 5.88. The number of hydrogen-bond donors (Lipinski definition) is 1. The van der Waals surface area contributed by atoms with Crippen molar-refractivity contribution in [1.29, 1.82) is 5.26 Å². The van der Waals surface area contributed by atoms with E-state index in [-0.39, 0.29) is 0 Å². The molecule has 0 aliphatic carbocycles. The van der Waals surface area contributed by atoms with Crippen LogP contribution in [0, 0.1) is 11.8 Å². The predicted octanol–water partition coefficient (Wildman–Crippen LogP) is 3.07. The second-order valence-corrected chi connectivity index (χ2v) is 3.04. The fourth-order valence-corrected chi connectivity index (χ4v) is 1.54. The third-order valence-electron chi connectivity index (χ3n) is 1.54. The summed E-state index contributed by atoms with van der Waals surface area (Å²) in [5, 5.41) is 7.74. The van der Waals surface area contributed by atoms with E-state index in [1.54, 1.807) is 0 Å². The lowest BCUT2D eigenvalue weighted by Gasteiger charge is -1.90. The number of fused-ring (bicyclic) bond motifs is 1. The second-order valence-electron chi connectivity index (χ2n) is 2.18. The molecule has 1 heterocycles. The van der Waals surface area contributed by atoms with E-state index in [0.29, 0.717) is 0 Å². The lowest BCUT2D eigenvalue weighted by atomic mass is 10.3. The number of nitrogens with one attached hydrogen (secondary N) is 1. The number of nitriles is 1. The van der Waals surface area contributed by atoms with E-state index in [1.807, 2.05) is 18.3 Å². The van der Waals surface area contributed by atoms with Crippen molar-refractivity contribution in [1.82, 2.24) is 4.98 Å². The van der Waals surface area contributed by atoms with Crippen LogP contribution in [0.15, 0.2) is 34.9 Å². The van der Waals surface area contributed by atoms with Gasteiger partial charge >= 0.3 is 0 Å². The highest BCUT2D eigenvalue weighted by atomic mass is 79.9. The molecule has 2 nitrogen and oxygen atoms in total. The molecule has 1 aromatic heterocycles. The van der Waals surface area contributed by atoms with Crippen LogP contribution in [-0.4, -0.2) is 4.98 Å². The average Bonchev–Trinajstić information content (AvgIpc) is 2.57. The van der Waals surface area contributed by atoms with Crippen molar-refractivity contribution >= 4 is 26.8 Å². The zero-order valence-corrected chi connectivity index (χ0v) is 7.88. The Morgan fingerprint density at radius 3 is 2.67 bits per heavy atom. The summed E-state index contributed by atoms with van der Waals surface area (Å²) >= 11 is 3.44. The van der Waals surface area contributed by atoms with E-state index in [4.69, 9.17) is 5.26 Å². The SMILES string of the molecule is Brc1cccc2cc[nH]c12.C#N. The van der Waals surface area contributed by atoms with Gasteiger partial charge in [-0.1, -0.05) is 12.1 Å². The van der Waals surface area contributed by atoms with Crippen LogP contribution >= 0.6 is 15.9 Å². The van der Waals surface area contributed by atoms with Gasteiger partial charge in [0.15, 0.2) is 0 Å². The first-order valence-corrected chi connectivity index (χ1v) is 4.14. The van der Waals surface area contributed by atoms with Crippen LogP contribution in [0.1, 0.15) is 0 Å². The van der Waals surface area contributed by atoms with Gasteiger partial charge in [-0.25, -0.2) is 5.26 Å². The minimum atomic E-state index is 1.12. The van der Waals surface area contributed by atoms with E-state index < -0.39 is 0 Å². The minimum Gasteiger partial charge on any atom is -0.360 e. The van der Waals surface area contributed by atoms with Crippen LogP contribution in [0.4, 0.5) is 0 Å². The van der Waals surface area contributed by atoms with E-state index >= 15 is 0 Å². The molecule has 0 radical (unpaired) electrons. The number of nitrogens with zero attached hydrogens (tertiary/aromatic N) is 1. The highest BCUT2D eigenvalue weighted by Gasteiger charge is 1.95. The molecular formula is C9H7BrN2. The Hall–Kier alpha value is -1.27. The topological polar surface area (TPSA) is 39.6 Å². The van der Waals surface area contributed by atoms with Crippen LogP contribution in [0.5, 0.6) is 0 Å². The number of benzene rings is 1. The van der Waals surface area contributed by atoms with Gasteiger partial charge in [0.25, 0.3) is 0 Å². The first-order valence-electron chi connectivity index (χ1n) is 3.35. The molecule has 12 heavy (non-hydrogen) atoms. The van der Waals surface area contributed by atoms with Crippen molar-refractivity contribution in [3.8, 4) is 6.57 Å². The molecule has 0 saturated heterocycles. The molecule has 1 N–H and O–H groups in total. The maximum absolute atomic E-state index is 6.50. The van der Waals surface area contributed by atoms with Crippen LogP contribution in [0.25, 0.3) is 10.9 Å². The zero-order chi connectivity index (χ0) is 8.97. The van der Waals surface area contributed by atoms with Crippen LogP contribution < -0.4 is 0 Å². The number of aromatic amines is 1. The molecule has 3 heteroatoms. The minimum absolute atomic E-state index is 1.12. The van der Waals surface area contributed by atoms with E-state index in [1.165, 1.54) is 10.9 Å². The fraction of sp³-hybridized carbons (Fsp3) is 0. The third kappa shape index (κ3) is 1.49. The van der Waals surface area contributed by atoms with Gasteiger partial charge in [0.05, 0.1) is 5.52 Å². The van der Waals surface area contributed by atoms with E-state index in [0.717, 1.165) is 4.47 Å². The maximum Gasteiger partial charge on any atom is 0.0598 e. The third-order valence-corrected chi connectivity index (χ3v) is 2.20. The molecule has 0 fully saturated rings. The van der Waals surface area contributed by atoms with Gasteiger partial charge in [0, 0.05) is 22.6 Å². The highest BCUT2D eigenvalue weighted by molar-refractivity contribution is 9.10. The Morgan fingerprint density at radius 2 is 2.00 bits per heavy atom. The van der Waals surface area contributed by atoms with Gasteiger partial charge in [0.2, 0.25) is 0 Å². The number of para-hydroxylation sites is 1. The van der Waals surface area contributed by atoms with Crippen molar-refractivity contribution in [2.45, 2.75) is 0 Å². The quantitative estimate of drug-likeness (QED) is 0.732. The summed E-state index contributed by atoms with van der Waals surface area (Å²) in [5.41, 5.74) is 1.17. The van der Waals surface area contributed by atoms with Crippen molar-refractivity contribution in [3.63, 3.8) is 0 Å². The fourth-order valence-electron chi connectivity index (χ4n) is 1.05. The number of aromatic nitrogens is 1. The maximum atomic E-state index is 6.50. The van der Waals surface area contributed by atoms with Crippen LogP contribution in [-0.2, 0) is 0 Å². The first kappa shape index (κ1) is 8.82. The summed E-state index contributed by atoms with van der Waals surface area (Å²) in [6, 6.07) is 8.19. The van der Waals surface area contributed by atoms with Crippen molar-refractivity contribution in [2.24, 2.45) is 0 Å². The van der Waals surface area contributed by atoms with Gasteiger partial charge in [-0.15, -0.1) is 0 Å². The van der Waals surface area contributed by atoms with Crippen LogP contribution in [0.2, 0.25) is 0 Å². The Morgan fingerprint density at radius 1 is 1.25 bits per heavy atom. The Bertz CT molecular complexity index is 389. The molecule has 0 aliphatic rings. The zero-order valence-electron chi connectivity index (χ0n) is 6.29. The molecule has 0 spiro atoms. The monoisotopic (exact) mass is 222 g/mol. The highest BCUT2D eigenvalue weighted by Crippen LogP contribution is 2.21. The van der Waals surface area contributed by atoms with Crippen molar-refractivity contribution in [3.05, 3.63) is 34.9 Å². The number of rotatable bonds is 0. The lowest BCUT2D eigenvalue weighted by molar-refractivity contribution is 1.47. The molecule has 1 aromatic carbocycles. The van der Waals surface area contributed by atoms with Crippen molar-refractivity contribution < 1.29 is 0 Å². The lowest BCUT2D eigenvalue weighted by Crippen LogP contribution is -1.67. The summed E-state index contributed by atoms with van der Waals surface area (Å²) in [7, 11) is 0. The summed E-state index contributed by atoms with van der Waals surface area (Å²) in [6.45, 7) is 3.50. The molecule has 2 aromatic rings. The number of halogens is 1. The Balaban J connectivity index is 0.000000336. The van der Waals surface area contributed by atoms with E-state index in [9.17, 15) is 0 Å². The van der Waals surface area contributed by atoms with Gasteiger partial charge in [-0.2, -0.15) is 0 Å². The standard InChI is InChI=1S/C8H6BrN.CHN/c9-7-3-1-2-6-4-5-10-8(6)7;1-2/h1-5,10H;1H. The molecule has 60 valence electrons. The molecule has 0 aliphatic heterocycles. The van der Waals surface area contributed by atoms with Gasteiger partial charge in [-0.05, 0) is 28.1 Å². The molecular weight excluding hydrogens is 216 g/mol. The summed E-state index contributed by atoms with van der Waals surface area (Å²) in [4.78, 5) is 3.14. The summed E-state index contributed by atoms with van der Waals surface area (Å²) in [6.07, 6.45) is 1.94. The summed E-state index contributed by atoms with van der Waals surface area (Å²) in [5.74, 6) is 0. The second kappa shape index (κ2) is 3.93. The smallest absolute Gasteiger partial charge is 0.0598 e. The van der Waals surface area contributed by atoms with Crippen LogP contribution in [0.3, 0.4) is 0 Å². The van der Waals surface area contributed by atoms with Gasteiger partial charge in [-0.3, -0.25) is 0 Å². The molecule has 0 atom stereocenters. The van der Waals surface area contributed by atoms with E-state index in [2.05, 4.69) is 39.6 Å². The van der Waals surface area contributed by atoms with Gasteiger partial charge in [0.1, 0.15) is 0 Å². The molecule has 0 bridgehead atoms. The Kier molecular flexibility index (Phi) is 2.89. The molecule has 2 rings (SSSR count). The summed E-state index contributed by atoms with van der Waals surface area (Å²) < 4.78 is 1.12. The van der Waals surface area contributed by atoms with Gasteiger partial charge < -0.3 is 4.98 Å². The number of hydrogen-bond acceptors (Lipinski definition) is 1. The molecule has 0 amide bonds. The average molecular weight is 223 g/mol. The Labute approximate surface area is 79.0 Å². The van der Waals surface area contributed by atoms with Crippen molar-refractivity contribution in [2.75, 3.05) is 0 Å². The number of H-pyrrole nitrogens is 1. The largest absolute Gasteiger partial charge is 0.360 e. The normalized spacial score (nSPS) is 8.92.